The molecule has 1 N–H and O–H groups in total. The zero-order valence-electron chi connectivity index (χ0n) is 12.6. The molecule has 1 amide bonds. The third kappa shape index (κ3) is 4.69. The van der Waals surface area contributed by atoms with Gasteiger partial charge in [0.05, 0.1) is 12.7 Å². The van der Waals surface area contributed by atoms with Gasteiger partial charge in [-0.05, 0) is 18.9 Å². The van der Waals surface area contributed by atoms with Crippen molar-refractivity contribution in [2.24, 2.45) is 5.92 Å². The summed E-state index contributed by atoms with van der Waals surface area (Å²) in [6, 6.07) is 8.47. The highest BCUT2D eigenvalue weighted by molar-refractivity contribution is 6.12. The molecule has 5 heteroatoms. The van der Waals surface area contributed by atoms with Gasteiger partial charge in [0.1, 0.15) is 0 Å². The van der Waals surface area contributed by atoms with Crippen LogP contribution in [0.5, 0.6) is 0 Å². The summed E-state index contributed by atoms with van der Waals surface area (Å²) in [5.41, 5.74) is 1.46. The molecule has 0 saturated heterocycles. The number of ether oxygens (including phenoxy) is 1. The molecule has 21 heavy (non-hydrogen) atoms. The van der Waals surface area contributed by atoms with Crippen LogP contribution in [-0.2, 0) is 16.0 Å². The number of nitrogens with one attached hydrogen (secondary N) is 1. The number of carbonyl (C=O) groups excluding carboxylic acids is 2. The van der Waals surface area contributed by atoms with Gasteiger partial charge in [0.25, 0.3) is 0 Å². The van der Waals surface area contributed by atoms with E-state index in [2.05, 4.69) is 5.32 Å². The Hall–Kier alpha value is -2.19. The molecule has 1 aromatic rings. The Morgan fingerprint density at radius 2 is 1.95 bits per heavy atom. The standard InChI is InChI=1S/C16H20N2O3/c1-4-12-5-7-13(8-6-12)15(19)14(9-17)16(20)18-11(2)10-21-3/h5-8,11,14H,4,10H2,1-3H3,(H,18,20)/t11-,14-/m1/s1. The van der Waals surface area contributed by atoms with Crippen LogP contribution in [0.1, 0.15) is 29.8 Å². The van der Waals surface area contributed by atoms with Gasteiger partial charge in [0.15, 0.2) is 11.7 Å². The van der Waals surface area contributed by atoms with Crippen molar-refractivity contribution < 1.29 is 14.3 Å². The van der Waals surface area contributed by atoms with Crippen molar-refractivity contribution in [1.82, 2.24) is 5.32 Å². The van der Waals surface area contributed by atoms with Crippen LogP contribution in [0, 0.1) is 17.2 Å². The molecule has 5 nitrogen and oxygen atoms in total. The maximum absolute atomic E-state index is 12.2. The first-order chi connectivity index (χ1) is 10.0. The van der Waals surface area contributed by atoms with Crippen molar-refractivity contribution in [1.29, 1.82) is 5.26 Å². The lowest BCUT2D eigenvalue weighted by molar-refractivity contribution is -0.123. The lowest BCUT2D eigenvalue weighted by Gasteiger charge is -2.15. The van der Waals surface area contributed by atoms with Crippen molar-refractivity contribution in [2.45, 2.75) is 26.3 Å². The van der Waals surface area contributed by atoms with Gasteiger partial charge in [-0.25, -0.2) is 0 Å². The van der Waals surface area contributed by atoms with Crippen LogP contribution < -0.4 is 5.32 Å². The van der Waals surface area contributed by atoms with E-state index in [4.69, 9.17) is 10.00 Å². The number of nitrogens with zero attached hydrogens (tertiary/aromatic N) is 1. The largest absolute Gasteiger partial charge is 0.383 e. The number of aryl methyl sites for hydroxylation is 1. The average Bonchev–Trinajstić information content (AvgIpc) is 2.48. The lowest BCUT2D eigenvalue weighted by atomic mass is 9.96. The fourth-order valence-electron chi connectivity index (χ4n) is 1.93. The van der Waals surface area contributed by atoms with Gasteiger partial charge in [-0.1, -0.05) is 31.2 Å². The number of hydrogen-bond acceptors (Lipinski definition) is 4. The quantitative estimate of drug-likeness (QED) is 0.612. The van der Waals surface area contributed by atoms with Gasteiger partial charge < -0.3 is 10.1 Å². The van der Waals surface area contributed by atoms with E-state index >= 15 is 0 Å². The van der Waals surface area contributed by atoms with Crippen LogP contribution in [0.2, 0.25) is 0 Å². The van der Waals surface area contributed by atoms with Gasteiger partial charge in [-0.3, -0.25) is 9.59 Å². The summed E-state index contributed by atoms with van der Waals surface area (Å²) in [5, 5.41) is 11.7. The van der Waals surface area contributed by atoms with Gasteiger partial charge in [-0.15, -0.1) is 0 Å². The minimum atomic E-state index is -1.34. The Morgan fingerprint density at radius 1 is 1.33 bits per heavy atom. The molecule has 0 heterocycles. The predicted octanol–water partition coefficient (Wildman–Crippen LogP) is 1.72. The molecule has 0 fully saturated rings. The third-order valence-electron chi connectivity index (χ3n) is 3.11. The molecule has 0 aliphatic carbocycles. The van der Waals surface area contributed by atoms with Crippen molar-refractivity contribution >= 4 is 11.7 Å². The van der Waals surface area contributed by atoms with Crippen LogP contribution in [0.3, 0.4) is 0 Å². The van der Waals surface area contributed by atoms with E-state index in [9.17, 15) is 9.59 Å². The molecule has 0 bridgehead atoms. The van der Waals surface area contributed by atoms with Gasteiger partial charge >= 0.3 is 0 Å². The maximum atomic E-state index is 12.2. The number of ketones is 1. The minimum Gasteiger partial charge on any atom is -0.383 e. The molecule has 0 aliphatic rings. The molecule has 0 saturated carbocycles. The lowest BCUT2D eigenvalue weighted by Crippen LogP contribution is -2.41. The highest BCUT2D eigenvalue weighted by atomic mass is 16.5. The molecular formula is C16H20N2O3. The number of Topliss-reactive ketones (excluding diaryl/α,β-unsaturated/α-hetero) is 1. The summed E-state index contributed by atoms with van der Waals surface area (Å²) < 4.78 is 4.91. The number of amides is 1. The normalized spacial score (nSPS) is 13.0. The Bertz CT molecular complexity index is 531. The van der Waals surface area contributed by atoms with Crippen molar-refractivity contribution in [3.8, 4) is 6.07 Å². The number of carbonyl (C=O) groups is 2. The Morgan fingerprint density at radius 3 is 2.43 bits per heavy atom. The molecule has 1 rings (SSSR count). The third-order valence-corrected chi connectivity index (χ3v) is 3.11. The van der Waals surface area contributed by atoms with Crippen LogP contribution in [-0.4, -0.2) is 31.4 Å². The fourth-order valence-corrected chi connectivity index (χ4v) is 1.93. The average molecular weight is 288 g/mol. The van der Waals surface area contributed by atoms with E-state index in [0.717, 1.165) is 12.0 Å². The minimum absolute atomic E-state index is 0.256. The molecule has 0 radical (unpaired) electrons. The Labute approximate surface area is 124 Å². The van der Waals surface area contributed by atoms with Crippen LogP contribution in [0.25, 0.3) is 0 Å². The maximum Gasteiger partial charge on any atom is 0.245 e. The number of benzene rings is 1. The van der Waals surface area contributed by atoms with Crippen molar-refractivity contribution in [2.75, 3.05) is 13.7 Å². The van der Waals surface area contributed by atoms with E-state index in [0.29, 0.717) is 12.2 Å². The number of hydrogen-bond donors (Lipinski definition) is 1. The van der Waals surface area contributed by atoms with Crippen LogP contribution in [0.4, 0.5) is 0 Å². The number of rotatable bonds is 7. The van der Waals surface area contributed by atoms with Crippen LogP contribution in [0.15, 0.2) is 24.3 Å². The van der Waals surface area contributed by atoms with Gasteiger partial charge in [0.2, 0.25) is 5.91 Å². The second-order valence-corrected chi connectivity index (χ2v) is 4.84. The molecule has 0 unspecified atom stereocenters. The van der Waals surface area contributed by atoms with Crippen molar-refractivity contribution in [3.63, 3.8) is 0 Å². The monoisotopic (exact) mass is 288 g/mol. The van der Waals surface area contributed by atoms with E-state index in [1.54, 1.807) is 25.1 Å². The molecule has 0 aliphatic heterocycles. The number of nitriles is 1. The van der Waals surface area contributed by atoms with Gasteiger partial charge in [-0.2, -0.15) is 5.26 Å². The van der Waals surface area contributed by atoms with Gasteiger partial charge in [0, 0.05) is 18.7 Å². The first kappa shape index (κ1) is 16.9. The summed E-state index contributed by atoms with van der Waals surface area (Å²) in [7, 11) is 1.52. The Balaban J connectivity index is 2.81. The predicted molar refractivity (Wildman–Crippen MR) is 78.7 cm³/mol. The van der Waals surface area contributed by atoms with E-state index in [1.165, 1.54) is 7.11 Å². The Kier molecular flexibility index (Phi) is 6.57. The highest BCUT2D eigenvalue weighted by Crippen LogP contribution is 2.11. The second kappa shape index (κ2) is 8.18. The van der Waals surface area contributed by atoms with E-state index in [1.807, 2.05) is 19.1 Å². The first-order valence-electron chi connectivity index (χ1n) is 6.85. The topological polar surface area (TPSA) is 79.2 Å². The smallest absolute Gasteiger partial charge is 0.245 e. The zero-order chi connectivity index (χ0) is 15.8. The summed E-state index contributed by atoms with van der Waals surface area (Å²) in [6.45, 7) is 4.08. The fraction of sp³-hybridized carbons (Fsp3) is 0.438. The molecule has 2 atom stereocenters. The van der Waals surface area contributed by atoms with E-state index in [-0.39, 0.29) is 6.04 Å². The molecular weight excluding hydrogens is 268 g/mol. The SMILES string of the molecule is CCc1ccc(C(=O)[C@@H](C#N)C(=O)N[C@H](C)COC)cc1. The summed E-state index contributed by atoms with van der Waals surface area (Å²) in [4.78, 5) is 24.2. The summed E-state index contributed by atoms with van der Waals surface area (Å²) >= 11 is 0. The second-order valence-electron chi connectivity index (χ2n) is 4.84. The van der Waals surface area contributed by atoms with E-state index < -0.39 is 17.6 Å². The molecule has 0 aromatic heterocycles. The number of methoxy groups -OCH3 is 1. The highest BCUT2D eigenvalue weighted by Gasteiger charge is 2.28. The summed E-state index contributed by atoms with van der Waals surface area (Å²) in [5.74, 6) is -2.41. The van der Waals surface area contributed by atoms with Crippen molar-refractivity contribution in [3.05, 3.63) is 35.4 Å². The first-order valence-corrected chi connectivity index (χ1v) is 6.85. The molecule has 1 aromatic carbocycles. The summed E-state index contributed by atoms with van der Waals surface area (Å²) in [6.07, 6.45) is 0.866. The molecule has 112 valence electrons. The van der Waals surface area contributed by atoms with Crippen LogP contribution >= 0.6 is 0 Å². The molecule has 0 spiro atoms. The zero-order valence-corrected chi connectivity index (χ0v) is 12.6.